The molecule has 1 aliphatic heterocycles. The largest absolute Gasteiger partial charge is 0.426 e. The number of esters is 1. The molecule has 0 saturated carbocycles. The Labute approximate surface area is 161 Å². The minimum Gasteiger partial charge on any atom is -0.426 e. The Hall–Kier alpha value is -2.18. The second-order valence-electron chi connectivity index (χ2n) is 6.29. The summed E-state index contributed by atoms with van der Waals surface area (Å²) in [7, 11) is 0. The lowest BCUT2D eigenvalue weighted by atomic mass is 10.1. The normalized spacial score (nSPS) is 14.9. The van der Waals surface area contributed by atoms with E-state index in [1.165, 1.54) is 12.5 Å². The number of halogens is 1. The molecule has 0 radical (unpaired) electrons. The molecule has 2 aromatic rings. The molecular formula is C20H21BrN2O3. The molecule has 0 aliphatic carbocycles. The third-order valence-corrected chi connectivity index (χ3v) is 4.82. The molecule has 136 valence electrons. The number of piperazine rings is 1. The van der Waals surface area contributed by atoms with Gasteiger partial charge in [-0.1, -0.05) is 40.2 Å². The predicted octanol–water partition coefficient (Wildman–Crippen LogP) is 3.33. The average Bonchev–Trinajstić information content (AvgIpc) is 2.62. The number of para-hydroxylation sites is 1. The van der Waals surface area contributed by atoms with Crippen LogP contribution < -0.4 is 4.74 Å². The Balaban J connectivity index is 1.61. The maximum Gasteiger partial charge on any atom is 0.308 e. The summed E-state index contributed by atoms with van der Waals surface area (Å²) < 4.78 is 6.24. The summed E-state index contributed by atoms with van der Waals surface area (Å²) in [5, 5.41) is 0. The molecule has 3 rings (SSSR count). The summed E-state index contributed by atoms with van der Waals surface area (Å²) in [6, 6.07) is 15.2. The number of carbonyl (C=O) groups excluding carboxylic acids is 2. The van der Waals surface area contributed by atoms with Gasteiger partial charge in [-0.25, -0.2) is 0 Å². The van der Waals surface area contributed by atoms with E-state index in [4.69, 9.17) is 4.74 Å². The van der Waals surface area contributed by atoms with Crippen molar-refractivity contribution in [3.63, 3.8) is 0 Å². The van der Waals surface area contributed by atoms with Crippen molar-refractivity contribution < 1.29 is 14.3 Å². The highest BCUT2D eigenvalue weighted by Crippen LogP contribution is 2.21. The molecule has 1 amide bonds. The molecular weight excluding hydrogens is 396 g/mol. The van der Waals surface area contributed by atoms with Crippen LogP contribution in [0, 0.1) is 0 Å². The quantitative estimate of drug-likeness (QED) is 0.566. The molecule has 0 unspecified atom stereocenters. The van der Waals surface area contributed by atoms with Gasteiger partial charge in [-0.2, -0.15) is 0 Å². The fourth-order valence-corrected chi connectivity index (χ4v) is 3.51. The molecule has 0 N–H and O–H groups in total. The van der Waals surface area contributed by atoms with Crippen molar-refractivity contribution in [2.45, 2.75) is 13.5 Å². The van der Waals surface area contributed by atoms with Crippen LogP contribution in [0.15, 0.2) is 53.0 Å². The van der Waals surface area contributed by atoms with Crippen LogP contribution in [0.3, 0.4) is 0 Å². The standard InChI is InChI=1S/C20H21BrN2O3/c1-15(24)26-19-8-3-2-7-18(19)20(25)23-11-9-22(10-12-23)14-16-5-4-6-17(21)13-16/h2-8,13H,9-12,14H2,1H3. The molecule has 1 saturated heterocycles. The van der Waals surface area contributed by atoms with E-state index >= 15 is 0 Å². The fraction of sp³-hybridized carbons (Fsp3) is 0.300. The van der Waals surface area contributed by atoms with Crippen molar-refractivity contribution >= 4 is 27.8 Å². The number of rotatable bonds is 4. The van der Waals surface area contributed by atoms with Crippen molar-refractivity contribution in [2.24, 2.45) is 0 Å². The first-order valence-corrected chi connectivity index (χ1v) is 9.36. The van der Waals surface area contributed by atoms with E-state index in [9.17, 15) is 9.59 Å². The molecule has 1 fully saturated rings. The van der Waals surface area contributed by atoms with Crippen molar-refractivity contribution in [1.82, 2.24) is 9.80 Å². The Bertz CT molecular complexity index is 801. The number of carbonyl (C=O) groups is 2. The van der Waals surface area contributed by atoms with Gasteiger partial charge >= 0.3 is 5.97 Å². The highest BCUT2D eigenvalue weighted by atomic mass is 79.9. The van der Waals surface area contributed by atoms with Crippen LogP contribution in [0.2, 0.25) is 0 Å². The highest BCUT2D eigenvalue weighted by Gasteiger charge is 2.24. The maximum atomic E-state index is 12.8. The fourth-order valence-electron chi connectivity index (χ4n) is 3.06. The summed E-state index contributed by atoms with van der Waals surface area (Å²) in [6.07, 6.45) is 0. The molecule has 0 aromatic heterocycles. The van der Waals surface area contributed by atoms with Crippen molar-refractivity contribution in [3.8, 4) is 5.75 Å². The Morgan fingerprint density at radius 3 is 2.46 bits per heavy atom. The van der Waals surface area contributed by atoms with E-state index in [1.54, 1.807) is 24.3 Å². The van der Waals surface area contributed by atoms with Gasteiger partial charge in [-0.15, -0.1) is 0 Å². The number of ether oxygens (including phenoxy) is 1. The zero-order valence-electron chi connectivity index (χ0n) is 14.7. The third kappa shape index (κ3) is 4.71. The van der Waals surface area contributed by atoms with Gasteiger partial charge in [0.1, 0.15) is 5.75 Å². The monoisotopic (exact) mass is 416 g/mol. The summed E-state index contributed by atoms with van der Waals surface area (Å²) >= 11 is 3.50. The first-order chi connectivity index (χ1) is 12.5. The molecule has 0 bridgehead atoms. The zero-order valence-corrected chi connectivity index (χ0v) is 16.2. The molecule has 0 spiro atoms. The van der Waals surface area contributed by atoms with E-state index in [2.05, 4.69) is 33.0 Å². The van der Waals surface area contributed by atoms with Gasteiger partial charge < -0.3 is 9.64 Å². The summed E-state index contributed by atoms with van der Waals surface area (Å²) in [5.74, 6) is -0.199. The van der Waals surface area contributed by atoms with E-state index in [-0.39, 0.29) is 5.91 Å². The maximum absolute atomic E-state index is 12.8. The van der Waals surface area contributed by atoms with Gasteiger partial charge in [0.2, 0.25) is 0 Å². The van der Waals surface area contributed by atoms with Crippen LogP contribution in [-0.2, 0) is 11.3 Å². The second kappa shape index (κ2) is 8.47. The SMILES string of the molecule is CC(=O)Oc1ccccc1C(=O)N1CCN(Cc2cccc(Br)c2)CC1. The minimum atomic E-state index is -0.427. The average molecular weight is 417 g/mol. The predicted molar refractivity (Wildman–Crippen MR) is 103 cm³/mol. The van der Waals surface area contributed by atoms with E-state index < -0.39 is 5.97 Å². The number of amides is 1. The van der Waals surface area contributed by atoms with Crippen LogP contribution >= 0.6 is 15.9 Å². The molecule has 5 nitrogen and oxygen atoms in total. The van der Waals surface area contributed by atoms with Gasteiger partial charge in [0, 0.05) is 44.1 Å². The highest BCUT2D eigenvalue weighted by molar-refractivity contribution is 9.10. The lowest BCUT2D eigenvalue weighted by Crippen LogP contribution is -2.48. The molecule has 6 heteroatoms. The first kappa shape index (κ1) is 18.6. The van der Waals surface area contributed by atoms with Crippen molar-refractivity contribution in [3.05, 3.63) is 64.1 Å². The minimum absolute atomic E-state index is 0.0936. The topological polar surface area (TPSA) is 49.9 Å². The second-order valence-corrected chi connectivity index (χ2v) is 7.20. The number of hydrogen-bond donors (Lipinski definition) is 0. The third-order valence-electron chi connectivity index (χ3n) is 4.33. The number of nitrogens with zero attached hydrogens (tertiary/aromatic N) is 2. The molecule has 1 heterocycles. The van der Waals surface area contributed by atoms with E-state index in [0.717, 1.165) is 24.1 Å². The smallest absolute Gasteiger partial charge is 0.308 e. The van der Waals surface area contributed by atoms with Crippen molar-refractivity contribution in [1.29, 1.82) is 0 Å². The van der Waals surface area contributed by atoms with Gasteiger partial charge in [-0.3, -0.25) is 14.5 Å². The van der Waals surface area contributed by atoms with Crippen LogP contribution in [0.25, 0.3) is 0 Å². The van der Waals surface area contributed by atoms with Gasteiger partial charge in [-0.05, 0) is 29.8 Å². The van der Waals surface area contributed by atoms with Crippen LogP contribution in [0.5, 0.6) is 5.75 Å². The Kier molecular flexibility index (Phi) is 6.06. The molecule has 26 heavy (non-hydrogen) atoms. The lowest BCUT2D eigenvalue weighted by Gasteiger charge is -2.35. The summed E-state index contributed by atoms with van der Waals surface area (Å²) in [4.78, 5) is 28.2. The Morgan fingerprint density at radius 2 is 1.77 bits per heavy atom. The molecule has 2 aromatic carbocycles. The van der Waals surface area contributed by atoms with Crippen LogP contribution in [-0.4, -0.2) is 47.9 Å². The molecule has 1 aliphatic rings. The van der Waals surface area contributed by atoms with Gasteiger partial charge in [0.25, 0.3) is 5.91 Å². The van der Waals surface area contributed by atoms with Gasteiger partial charge in [0.15, 0.2) is 0 Å². The van der Waals surface area contributed by atoms with E-state index in [1.807, 2.05) is 17.0 Å². The van der Waals surface area contributed by atoms with Crippen LogP contribution in [0.1, 0.15) is 22.8 Å². The van der Waals surface area contributed by atoms with Gasteiger partial charge in [0.05, 0.1) is 5.56 Å². The summed E-state index contributed by atoms with van der Waals surface area (Å²) in [5.41, 5.74) is 1.68. The number of benzene rings is 2. The lowest BCUT2D eigenvalue weighted by molar-refractivity contribution is -0.131. The van der Waals surface area contributed by atoms with Crippen LogP contribution in [0.4, 0.5) is 0 Å². The summed E-state index contributed by atoms with van der Waals surface area (Å²) in [6.45, 7) is 5.14. The molecule has 0 atom stereocenters. The van der Waals surface area contributed by atoms with Crippen molar-refractivity contribution in [2.75, 3.05) is 26.2 Å². The number of hydrogen-bond acceptors (Lipinski definition) is 4. The zero-order chi connectivity index (χ0) is 18.5. The van der Waals surface area contributed by atoms with E-state index in [0.29, 0.717) is 24.4 Å². The Morgan fingerprint density at radius 1 is 1.04 bits per heavy atom. The first-order valence-electron chi connectivity index (χ1n) is 8.56.